The van der Waals surface area contributed by atoms with E-state index in [1.165, 1.54) is 7.11 Å². The Morgan fingerprint density at radius 3 is 2.57 bits per heavy atom. The third-order valence-electron chi connectivity index (χ3n) is 1.75. The van der Waals surface area contributed by atoms with Gasteiger partial charge in [0, 0.05) is 11.1 Å². The van der Waals surface area contributed by atoms with Gasteiger partial charge in [0.2, 0.25) is 0 Å². The first kappa shape index (κ1) is 9.89. The zero-order valence-corrected chi connectivity index (χ0v) is 7.70. The van der Waals surface area contributed by atoms with Gasteiger partial charge in [-0.05, 0) is 18.2 Å². The number of hydrogen-bond acceptors (Lipinski definition) is 2. The van der Waals surface area contributed by atoms with Gasteiger partial charge in [-0.25, -0.2) is 4.79 Å². The first-order valence-electron chi connectivity index (χ1n) is 3.88. The molecule has 1 aromatic carbocycles. The van der Waals surface area contributed by atoms with Crippen LogP contribution in [0.15, 0.2) is 18.2 Å². The molecule has 1 aromatic rings. The first-order chi connectivity index (χ1) is 6.72. The van der Waals surface area contributed by atoms with Gasteiger partial charge in [-0.2, -0.15) is 0 Å². The molecule has 0 amide bonds. The van der Waals surface area contributed by atoms with Gasteiger partial charge in [0.25, 0.3) is 0 Å². The van der Waals surface area contributed by atoms with E-state index in [1.54, 1.807) is 18.2 Å². The Bertz CT molecular complexity index is 444. The zero-order valence-electron chi connectivity index (χ0n) is 7.70. The van der Waals surface area contributed by atoms with Crippen molar-refractivity contribution in [3.63, 3.8) is 0 Å². The molecule has 0 fully saturated rings. The van der Waals surface area contributed by atoms with Crippen LogP contribution in [0.5, 0.6) is 0 Å². The third kappa shape index (κ3) is 1.76. The van der Waals surface area contributed by atoms with E-state index in [0.717, 1.165) is 0 Å². The van der Waals surface area contributed by atoms with E-state index in [0.29, 0.717) is 16.7 Å². The summed E-state index contributed by atoms with van der Waals surface area (Å²) in [6.07, 6.45) is 10.4. The number of rotatable bonds is 1. The fourth-order valence-corrected chi connectivity index (χ4v) is 1.04. The normalized spacial score (nSPS) is 8.50. The van der Waals surface area contributed by atoms with Crippen molar-refractivity contribution < 1.29 is 9.53 Å². The maximum atomic E-state index is 11.3. The van der Waals surface area contributed by atoms with Crippen molar-refractivity contribution in [2.24, 2.45) is 0 Å². The largest absolute Gasteiger partial charge is 0.465 e. The summed E-state index contributed by atoms with van der Waals surface area (Å²) in [6.45, 7) is 0. The highest BCUT2D eigenvalue weighted by atomic mass is 16.5. The van der Waals surface area contributed by atoms with E-state index in [2.05, 4.69) is 16.6 Å². The van der Waals surface area contributed by atoms with Crippen LogP contribution in [0.25, 0.3) is 0 Å². The predicted octanol–water partition coefficient (Wildman–Crippen LogP) is 1.44. The summed E-state index contributed by atoms with van der Waals surface area (Å²) in [4.78, 5) is 11.3. The molecule has 1 rings (SSSR count). The molecule has 2 nitrogen and oxygen atoms in total. The molecule has 0 spiro atoms. The molecule has 0 saturated carbocycles. The minimum atomic E-state index is -0.477. The van der Waals surface area contributed by atoms with Crippen LogP contribution in [0.1, 0.15) is 21.5 Å². The Labute approximate surface area is 82.9 Å². The van der Waals surface area contributed by atoms with Crippen LogP contribution < -0.4 is 0 Å². The number of hydrogen-bond donors (Lipinski definition) is 0. The molecule has 0 heterocycles. The van der Waals surface area contributed by atoms with E-state index >= 15 is 0 Å². The summed E-state index contributed by atoms with van der Waals surface area (Å²) in [5.41, 5.74) is 1.41. The second kappa shape index (κ2) is 4.16. The Morgan fingerprint density at radius 1 is 1.36 bits per heavy atom. The van der Waals surface area contributed by atoms with Crippen molar-refractivity contribution in [1.29, 1.82) is 0 Å². The summed E-state index contributed by atoms with van der Waals surface area (Å²) >= 11 is 0. The van der Waals surface area contributed by atoms with Gasteiger partial charge in [-0.15, -0.1) is 12.8 Å². The Hall–Kier alpha value is -2.19. The highest BCUT2D eigenvalue weighted by Crippen LogP contribution is 2.11. The molecule has 0 aromatic heterocycles. The predicted molar refractivity (Wildman–Crippen MR) is 53.7 cm³/mol. The van der Waals surface area contributed by atoms with Crippen LogP contribution in [0.4, 0.5) is 0 Å². The Morgan fingerprint density at radius 2 is 2.07 bits per heavy atom. The van der Waals surface area contributed by atoms with E-state index in [1.807, 2.05) is 0 Å². The number of benzene rings is 1. The first-order valence-corrected chi connectivity index (χ1v) is 3.88. The molecular weight excluding hydrogens is 176 g/mol. The van der Waals surface area contributed by atoms with Crippen molar-refractivity contribution in [2.75, 3.05) is 7.11 Å². The highest BCUT2D eigenvalue weighted by Gasteiger charge is 2.10. The molecule has 14 heavy (non-hydrogen) atoms. The SMILES string of the molecule is C#Cc1ccc(C#C)c(C(=O)OC)c1. The molecule has 0 saturated heterocycles. The molecule has 68 valence electrons. The summed E-state index contributed by atoms with van der Waals surface area (Å²) in [6, 6.07) is 4.85. The van der Waals surface area contributed by atoms with Crippen molar-refractivity contribution in [3.05, 3.63) is 34.9 Å². The highest BCUT2D eigenvalue weighted by molar-refractivity contribution is 5.92. The molecule has 0 aliphatic heterocycles. The number of esters is 1. The molecule has 0 aliphatic rings. The number of ether oxygens (including phenoxy) is 1. The van der Waals surface area contributed by atoms with Gasteiger partial charge in [0.05, 0.1) is 12.7 Å². The van der Waals surface area contributed by atoms with Gasteiger partial charge >= 0.3 is 5.97 Å². The number of carbonyl (C=O) groups is 1. The maximum absolute atomic E-state index is 11.3. The van der Waals surface area contributed by atoms with Crippen LogP contribution in [-0.2, 0) is 4.74 Å². The summed E-state index contributed by atoms with van der Waals surface area (Å²) in [7, 11) is 1.30. The van der Waals surface area contributed by atoms with Crippen molar-refractivity contribution in [3.8, 4) is 24.7 Å². The van der Waals surface area contributed by atoms with Gasteiger partial charge in [-0.3, -0.25) is 0 Å². The van der Waals surface area contributed by atoms with Crippen LogP contribution >= 0.6 is 0 Å². The molecule has 0 unspecified atom stereocenters. The van der Waals surface area contributed by atoms with Gasteiger partial charge in [0.1, 0.15) is 0 Å². The molecule has 0 aliphatic carbocycles. The zero-order chi connectivity index (χ0) is 10.6. The minimum absolute atomic E-state index is 0.324. The molecule has 0 bridgehead atoms. The van der Waals surface area contributed by atoms with Crippen LogP contribution in [0.3, 0.4) is 0 Å². The minimum Gasteiger partial charge on any atom is -0.465 e. The van der Waals surface area contributed by atoms with Gasteiger partial charge < -0.3 is 4.74 Å². The topological polar surface area (TPSA) is 26.3 Å². The Kier molecular flexibility index (Phi) is 2.94. The maximum Gasteiger partial charge on any atom is 0.339 e. The molecular formula is C12H8O2. The van der Waals surface area contributed by atoms with Crippen LogP contribution in [0.2, 0.25) is 0 Å². The molecule has 0 atom stereocenters. The lowest BCUT2D eigenvalue weighted by Crippen LogP contribution is -2.04. The second-order valence-electron chi connectivity index (χ2n) is 2.54. The lowest BCUT2D eigenvalue weighted by atomic mass is 10.0. The van der Waals surface area contributed by atoms with E-state index in [-0.39, 0.29) is 0 Å². The van der Waals surface area contributed by atoms with Crippen LogP contribution in [0, 0.1) is 24.7 Å². The average Bonchev–Trinajstić information content (AvgIpc) is 2.27. The van der Waals surface area contributed by atoms with E-state index in [4.69, 9.17) is 12.8 Å². The van der Waals surface area contributed by atoms with E-state index in [9.17, 15) is 4.79 Å². The summed E-state index contributed by atoms with van der Waals surface area (Å²) < 4.78 is 4.58. The van der Waals surface area contributed by atoms with E-state index < -0.39 is 5.97 Å². The molecule has 0 radical (unpaired) electrons. The number of terminal acetylenes is 2. The quantitative estimate of drug-likeness (QED) is 0.487. The Balaban J connectivity index is 3.32. The smallest absolute Gasteiger partial charge is 0.339 e. The van der Waals surface area contributed by atoms with Gasteiger partial charge in [-0.1, -0.05) is 11.8 Å². The number of methoxy groups -OCH3 is 1. The molecule has 2 heteroatoms. The van der Waals surface area contributed by atoms with Crippen LogP contribution in [-0.4, -0.2) is 13.1 Å². The average molecular weight is 184 g/mol. The van der Waals surface area contributed by atoms with Gasteiger partial charge in [0.15, 0.2) is 0 Å². The summed E-state index contributed by atoms with van der Waals surface area (Å²) in [5.74, 6) is 4.34. The molecule has 0 N–H and O–H groups in total. The monoisotopic (exact) mass is 184 g/mol. The summed E-state index contributed by atoms with van der Waals surface area (Å²) in [5, 5.41) is 0. The van der Waals surface area contributed by atoms with Crippen molar-refractivity contribution in [2.45, 2.75) is 0 Å². The number of carbonyl (C=O) groups excluding carboxylic acids is 1. The lowest BCUT2D eigenvalue weighted by molar-refractivity contribution is 0.0600. The third-order valence-corrected chi connectivity index (χ3v) is 1.75. The fraction of sp³-hybridized carbons (Fsp3) is 0.0833. The second-order valence-corrected chi connectivity index (χ2v) is 2.54. The van der Waals surface area contributed by atoms with Crippen molar-refractivity contribution in [1.82, 2.24) is 0 Å². The lowest BCUT2D eigenvalue weighted by Gasteiger charge is -2.02. The fourth-order valence-electron chi connectivity index (χ4n) is 1.04. The van der Waals surface area contributed by atoms with Crippen molar-refractivity contribution >= 4 is 5.97 Å². The standard InChI is InChI=1S/C12H8O2/c1-4-9-6-7-10(5-2)11(8-9)12(13)14-3/h1-2,6-8H,3H3.